The molecular weight excluding hydrogens is 1340 g/mol. The van der Waals surface area contributed by atoms with E-state index in [2.05, 4.69) is 84.7 Å². The predicted molar refractivity (Wildman–Crippen MR) is 359 cm³/mol. The summed E-state index contributed by atoms with van der Waals surface area (Å²) in [5.74, 6) is 9.96. The van der Waals surface area contributed by atoms with Crippen molar-refractivity contribution in [2.24, 2.45) is 0 Å². The summed E-state index contributed by atoms with van der Waals surface area (Å²) >= 11 is 3.29. The third kappa shape index (κ3) is 25.7. The molecular formula is C70H61BrF6N6O8S2Si. The van der Waals surface area contributed by atoms with Gasteiger partial charge in [0.15, 0.2) is 0 Å². The van der Waals surface area contributed by atoms with Crippen LogP contribution in [0.5, 0.6) is 0 Å². The molecule has 0 aliphatic carbocycles. The Hall–Kier alpha value is -9.78. The lowest BCUT2D eigenvalue weighted by molar-refractivity contribution is -0.142. The molecule has 0 saturated carbocycles. The Kier molecular flexibility index (Phi) is 29.3. The highest BCUT2D eigenvalue weighted by Crippen LogP contribution is 2.32. The minimum Gasteiger partial charge on any atom is -0.392 e. The fraction of sp³-hybridized carbons (Fsp3) is 0.171. The maximum Gasteiger partial charge on any atom is 0.433 e. The molecule has 484 valence electrons. The highest BCUT2D eigenvalue weighted by Gasteiger charge is 2.36. The third-order valence-electron chi connectivity index (χ3n) is 12.1. The Balaban J connectivity index is 0.000000267. The van der Waals surface area contributed by atoms with Gasteiger partial charge in [-0.15, -0.1) is 37.7 Å². The maximum atomic E-state index is 13.2. The highest BCUT2D eigenvalue weighted by atomic mass is 79.9. The van der Waals surface area contributed by atoms with Crippen molar-refractivity contribution in [1.29, 1.82) is 0 Å². The molecule has 0 radical (unpaired) electrons. The molecule has 0 saturated heterocycles. The van der Waals surface area contributed by atoms with E-state index in [0.717, 1.165) is 50.0 Å². The Morgan fingerprint density at radius 3 is 1.18 bits per heavy atom. The zero-order valence-corrected chi connectivity index (χ0v) is 55.3. The summed E-state index contributed by atoms with van der Waals surface area (Å²) in [7, 11) is -7.02. The molecule has 4 aromatic heterocycles. The molecule has 0 bridgehead atoms. The van der Waals surface area contributed by atoms with Gasteiger partial charge in [-0.2, -0.15) is 26.3 Å². The van der Waals surface area contributed by atoms with E-state index in [1.807, 2.05) is 60.7 Å². The molecule has 0 aliphatic heterocycles. The predicted octanol–water partition coefficient (Wildman–Crippen LogP) is 11.6. The molecule has 0 spiro atoms. The summed E-state index contributed by atoms with van der Waals surface area (Å²) in [4.78, 5) is 38.6. The van der Waals surface area contributed by atoms with Crippen LogP contribution in [0, 0.1) is 61.3 Å². The largest absolute Gasteiger partial charge is 0.433 e. The maximum absolute atomic E-state index is 13.2. The second-order valence-electron chi connectivity index (χ2n) is 20.7. The first-order valence-electron chi connectivity index (χ1n) is 27.4. The molecule has 94 heavy (non-hydrogen) atoms. The van der Waals surface area contributed by atoms with Crippen molar-refractivity contribution in [2.75, 3.05) is 12.5 Å². The average Bonchev–Trinajstić information content (AvgIpc) is 0.801. The number of terminal acetylenes is 5. The molecule has 9 aromatic rings. The van der Waals surface area contributed by atoms with E-state index in [1.165, 1.54) is 46.0 Å². The van der Waals surface area contributed by atoms with E-state index < -0.39 is 68.3 Å². The fourth-order valence-corrected chi connectivity index (χ4v) is 8.84. The van der Waals surface area contributed by atoms with Crippen LogP contribution < -0.4 is 11.1 Å². The zero-order chi connectivity index (χ0) is 70.0. The van der Waals surface area contributed by atoms with Crippen molar-refractivity contribution in [2.45, 2.75) is 75.2 Å². The zero-order valence-electron chi connectivity index (χ0n) is 51.1. The normalized spacial score (nSPS) is 11.0. The van der Waals surface area contributed by atoms with Crippen molar-refractivity contribution in [3.63, 3.8) is 0 Å². The number of alkyl halides is 6. The summed E-state index contributed by atoms with van der Waals surface area (Å²) in [5.41, 5.74) is 6.43. The summed E-state index contributed by atoms with van der Waals surface area (Å²) in [5, 5.41) is 24.6. The first-order valence-corrected chi connectivity index (χ1v) is 35.2. The number of pyridine rings is 2. The molecule has 0 aliphatic rings. The van der Waals surface area contributed by atoms with E-state index >= 15 is 0 Å². The number of aliphatic hydroxyl groups excluding tert-OH is 3. The number of hydrogen-bond acceptors (Lipinski definition) is 12. The van der Waals surface area contributed by atoms with Crippen LogP contribution in [-0.4, -0.2) is 77.6 Å². The number of aliphatic hydroxyl groups is 3. The van der Waals surface area contributed by atoms with Crippen LogP contribution in [0.25, 0.3) is 22.5 Å². The Morgan fingerprint density at radius 1 is 0.521 bits per heavy atom. The van der Waals surface area contributed by atoms with Crippen LogP contribution in [0.15, 0.2) is 194 Å². The molecule has 0 amide bonds. The summed E-state index contributed by atoms with van der Waals surface area (Å²) in [6.45, 7) is 6.93. The van der Waals surface area contributed by atoms with Gasteiger partial charge in [-0.3, -0.25) is 13.8 Å². The second kappa shape index (κ2) is 35.9. The SMILES string of the molecule is C#C[Si](C)(C)C.C#Cc1cccc(CO)c1.C#Cc1cccc(CO)c1.C#Cc1cccc(Cn2cc(-c3cc(C(F)(F)F)nc(S(C)(=O)=O)n3)ccc2=O)c1.C#Cc1cccc(Cn2cc(-c3cc(C(F)(F)F)nc(S(C)=O)n3)ccc2=O)c1.OCc1cccc(Br)c1. The van der Waals surface area contributed by atoms with Gasteiger partial charge in [0.25, 0.3) is 11.1 Å². The first-order chi connectivity index (χ1) is 44.3. The summed E-state index contributed by atoms with van der Waals surface area (Å²) < 4.78 is 118. The number of hydrogen-bond donors (Lipinski definition) is 3. The summed E-state index contributed by atoms with van der Waals surface area (Å²) in [6, 6.07) is 42.5. The van der Waals surface area contributed by atoms with Crippen molar-refractivity contribution in [3.8, 4) is 83.9 Å². The lowest BCUT2D eigenvalue weighted by atomic mass is 10.1. The minimum absolute atomic E-state index is 0.0511. The number of nitrogens with zero attached hydrogens (tertiary/aromatic N) is 6. The Bertz CT molecular complexity index is 4540. The number of halogens is 7. The molecule has 3 N–H and O–H groups in total. The van der Waals surface area contributed by atoms with Crippen molar-refractivity contribution >= 4 is 44.6 Å². The van der Waals surface area contributed by atoms with E-state index in [1.54, 1.807) is 60.7 Å². The molecule has 4 heterocycles. The molecule has 1 atom stereocenters. The molecule has 0 fully saturated rings. The van der Waals surface area contributed by atoms with Crippen LogP contribution in [0.3, 0.4) is 0 Å². The van der Waals surface area contributed by atoms with Crippen LogP contribution >= 0.6 is 15.9 Å². The summed E-state index contributed by atoms with van der Waals surface area (Å²) in [6.07, 6.45) is 21.2. The highest BCUT2D eigenvalue weighted by molar-refractivity contribution is 9.10. The molecule has 14 nitrogen and oxygen atoms in total. The molecule has 24 heteroatoms. The van der Waals surface area contributed by atoms with Crippen LogP contribution in [0.4, 0.5) is 26.3 Å². The van der Waals surface area contributed by atoms with Crippen molar-refractivity contribution in [1.82, 2.24) is 29.1 Å². The quantitative estimate of drug-likeness (QED) is 0.0478. The first kappa shape index (κ1) is 76.7. The van der Waals surface area contributed by atoms with E-state index in [0.29, 0.717) is 29.0 Å². The van der Waals surface area contributed by atoms with Gasteiger partial charge in [0.05, 0.1) is 55.1 Å². The lowest BCUT2D eigenvalue weighted by Gasteiger charge is -2.12. The van der Waals surface area contributed by atoms with Gasteiger partial charge in [-0.05, 0) is 113 Å². The van der Waals surface area contributed by atoms with Gasteiger partial charge in [0.2, 0.25) is 20.2 Å². The molecule has 9 rings (SSSR count). The van der Waals surface area contributed by atoms with Gasteiger partial charge in [-0.25, -0.2) is 28.4 Å². The van der Waals surface area contributed by atoms with Gasteiger partial charge in [0, 0.05) is 74.9 Å². The van der Waals surface area contributed by atoms with Crippen LogP contribution in [0.1, 0.15) is 61.5 Å². The number of rotatable bonds is 11. The van der Waals surface area contributed by atoms with Gasteiger partial charge in [-0.1, -0.05) is 120 Å². The Labute approximate surface area is 553 Å². The van der Waals surface area contributed by atoms with Gasteiger partial charge in [0.1, 0.15) is 19.5 Å². The lowest BCUT2D eigenvalue weighted by Crippen LogP contribution is -2.19. The number of aromatic nitrogens is 6. The van der Waals surface area contributed by atoms with Gasteiger partial charge >= 0.3 is 12.4 Å². The topological polar surface area (TPSA) is 207 Å². The van der Waals surface area contributed by atoms with E-state index in [4.69, 9.17) is 47.4 Å². The van der Waals surface area contributed by atoms with Crippen molar-refractivity contribution in [3.05, 3.63) is 257 Å². The minimum atomic E-state index is -4.87. The van der Waals surface area contributed by atoms with Crippen LogP contribution in [-0.2, 0) is 65.9 Å². The molecule has 5 aromatic carbocycles. The van der Waals surface area contributed by atoms with E-state index in [-0.39, 0.29) is 61.0 Å². The van der Waals surface area contributed by atoms with Gasteiger partial charge < -0.3 is 24.5 Å². The smallest absolute Gasteiger partial charge is 0.392 e. The number of benzene rings is 5. The monoisotopic (exact) mass is 1400 g/mol. The number of sulfone groups is 1. The van der Waals surface area contributed by atoms with Crippen molar-refractivity contribution < 1.29 is 54.3 Å². The fourth-order valence-electron chi connectivity index (χ4n) is 7.41. The third-order valence-corrected chi connectivity index (χ3v) is 15.0. The molecule has 1 unspecified atom stereocenters. The standard InChI is InChI=1S/C20H14F3N3O3S.C20H14F3N3O2S.2C9H8O.C7H7BrO.C5H10Si/c1-3-13-5-4-6-14(9-13)11-26-12-15(7-8-18(26)27)16-10-17(20(21,22)23)25-19(24-16)30(2,28)29;1-3-13-5-4-6-14(9-13)11-26-12-15(7-8-18(26)27)16-10-17(20(21,22)23)25-19(24-16)29(2)28;2*1-2-8-4-3-5-9(6-8)7-10;8-7-3-1-2-6(4-7)5-9;1-5-6(2,3)4/h1,4-10,12H,11H2,2H3;1,4-10,12H,11H2,2H3;2*1,3-6,10H,7H2;1-4,9H,5H2;1H,2-4H3. The Morgan fingerprint density at radius 2 is 0.862 bits per heavy atom. The second-order valence-corrected chi connectivity index (χ2v) is 29.6. The average molecular weight is 1400 g/mol. The van der Waals surface area contributed by atoms with E-state index in [9.17, 15) is 48.6 Å². The van der Waals surface area contributed by atoms with Crippen LogP contribution in [0.2, 0.25) is 19.6 Å².